The van der Waals surface area contributed by atoms with Crippen molar-refractivity contribution in [2.24, 2.45) is 0 Å². The molecule has 0 aliphatic heterocycles. The van der Waals surface area contributed by atoms with Crippen LogP contribution in [-0.4, -0.2) is 35.6 Å². The third-order valence-corrected chi connectivity index (χ3v) is 9.55. The predicted molar refractivity (Wildman–Crippen MR) is 198 cm³/mol. The van der Waals surface area contributed by atoms with Gasteiger partial charge in [-0.05, 0) is 119 Å². The van der Waals surface area contributed by atoms with Crippen molar-refractivity contribution in [1.29, 1.82) is 0 Å². The summed E-state index contributed by atoms with van der Waals surface area (Å²) in [6.07, 6.45) is -1.09. The molecule has 0 saturated heterocycles. The molecule has 1 aliphatic rings. The molecule has 4 heteroatoms. The predicted octanol–water partition coefficient (Wildman–Crippen LogP) is 9.52. The number of aliphatic hydroxyl groups is 2. The Morgan fingerprint density at radius 3 is 1.14 bits per heavy atom. The molecule has 0 bridgehead atoms. The van der Waals surface area contributed by atoms with Crippen LogP contribution in [0.25, 0.3) is 33.4 Å². The summed E-state index contributed by atoms with van der Waals surface area (Å²) in [4.78, 5) is 0. The summed E-state index contributed by atoms with van der Waals surface area (Å²) in [6.45, 7) is 8.08. The Morgan fingerprint density at radius 2 is 0.796 bits per heavy atom. The SMILES string of the molecule is Cc1cc(-c2ccccc2C2(c3ccccc3-c3ccc(OCC(C)O)c(C)c3)c3ccccc3-c3ccccc32)ccc1OCC(C)O. The minimum absolute atomic E-state index is 0.247. The number of hydrogen-bond donors (Lipinski definition) is 2. The van der Waals surface area contributed by atoms with E-state index in [2.05, 4.69) is 135 Å². The summed E-state index contributed by atoms with van der Waals surface area (Å²) in [7, 11) is 0. The van der Waals surface area contributed by atoms with Gasteiger partial charge in [0.05, 0.1) is 17.6 Å². The number of aliphatic hydroxyl groups excluding tert-OH is 2. The molecule has 0 fully saturated rings. The van der Waals surface area contributed by atoms with Crippen LogP contribution in [0.5, 0.6) is 11.5 Å². The average molecular weight is 647 g/mol. The van der Waals surface area contributed by atoms with Crippen LogP contribution in [-0.2, 0) is 5.41 Å². The van der Waals surface area contributed by atoms with Gasteiger partial charge in [0.2, 0.25) is 0 Å². The lowest BCUT2D eigenvalue weighted by atomic mass is 9.64. The molecule has 1 aliphatic carbocycles. The van der Waals surface area contributed by atoms with Gasteiger partial charge in [-0.2, -0.15) is 0 Å². The van der Waals surface area contributed by atoms with E-state index in [1.54, 1.807) is 13.8 Å². The Morgan fingerprint density at radius 1 is 0.469 bits per heavy atom. The number of rotatable bonds is 10. The number of ether oxygens (including phenoxy) is 2. The zero-order valence-corrected chi connectivity index (χ0v) is 28.5. The molecular formula is C45H42O4. The van der Waals surface area contributed by atoms with Crippen molar-refractivity contribution in [2.75, 3.05) is 13.2 Å². The fourth-order valence-electron chi connectivity index (χ4n) is 7.46. The summed E-state index contributed by atoms with van der Waals surface area (Å²) in [5, 5.41) is 19.7. The highest BCUT2D eigenvalue weighted by atomic mass is 16.5. The van der Waals surface area contributed by atoms with Crippen molar-refractivity contribution in [1.82, 2.24) is 0 Å². The Balaban J connectivity index is 1.49. The molecule has 2 N–H and O–H groups in total. The van der Waals surface area contributed by atoms with Gasteiger partial charge in [-0.25, -0.2) is 0 Å². The van der Waals surface area contributed by atoms with E-state index in [1.165, 1.54) is 33.4 Å². The first kappa shape index (κ1) is 32.4. The first-order chi connectivity index (χ1) is 23.8. The van der Waals surface area contributed by atoms with Crippen LogP contribution < -0.4 is 9.47 Å². The van der Waals surface area contributed by atoms with Gasteiger partial charge in [-0.15, -0.1) is 0 Å². The van der Waals surface area contributed by atoms with E-state index in [-0.39, 0.29) is 13.2 Å². The fraction of sp³-hybridized carbons (Fsp3) is 0.200. The van der Waals surface area contributed by atoms with Crippen molar-refractivity contribution in [3.05, 3.63) is 167 Å². The Kier molecular flexibility index (Phi) is 8.85. The average Bonchev–Trinajstić information content (AvgIpc) is 3.41. The van der Waals surface area contributed by atoms with Crippen LogP contribution in [0.1, 0.15) is 47.2 Å². The van der Waals surface area contributed by atoms with Gasteiger partial charge < -0.3 is 19.7 Å². The van der Waals surface area contributed by atoms with E-state index in [9.17, 15) is 10.2 Å². The molecule has 49 heavy (non-hydrogen) atoms. The Labute approximate surface area is 289 Å². The van der Waals surface area contributed by atoms with Gasteiger partial charge in [0.25, 0.3) is 0 Å². The summed E-state index contributed by atoms with van der Waals surface area (Å²) in [5.74, 6) is 1.55. The Hall–Kier alpha value is -5.16. The number of fused-ring (bicyclic) bond motifs is 3. The number of hydrogen-bond acceptors (Lipinski definition) is 4. The van der Waals surface area contributed by atoms with Gasteiger partial charge in [0, 0.05) is 0 Å². The molecule has 0 spiro atoms. The second-order valence-corrected chi connectivity index (χ2v) is 13.2. The molecular weight excluding hydrogens is 604 g/mol. The summed E-state index contributed by atoms with van der Waals surface area (Å²) < 4.78 is 11.9. The van der Waals surface area contributed by atoms with E-state index in [1.807, 2.05) is 12.1 Å². The highest BCUT2D eigenvalue weighted by molar-refractivity contribution is 5.91. The molecule has 0 saturated carbocycles. The lowest BCUT2D eigenvalue weighted by Crippen LogP contribution is -2.30. The lowest BCUT2D eigenvalue weighted by molar-refractivity contribution is 0.122. The molecule has 7 rings (SSSR count). The molecule has 246 valence electrons. The zero-order chi connectivity index (χ0) is 34.1. The standard InChI is InChI=1S/C45H42O4/c1-29-25-33(21-23-43(29)48-27-31(3)46)35-13-5-9-17-39(35)45(41-19-11-7-15-37(41)38-16-8-12-20-42(38)45)40-18-10-6-14-36(40)34-22-24-44(30(2)26-34)49-28-32(4)47/h5-26,31-32,46-47H,27-28H2,1-4H3. The van der Waals surface area contributed by atoms with Crippen LogP contribution in [0, 0.1) is 13.8 Å². The maximum atomic E-state index is 9.83. The first-order valence-corrected chi connectivity index (χ1v) is 17.0. The van der Waals surface area contributed by atoms with Crippen LogP contribution >= 0.6 is 0 Å². The van der Waals surface area contributed by atoms with Crippen molar-refractivity contribution >= 4 is 0 Å². The van der Waals surface area contributed by atoms with Crippen molar-refractivity contribution in [3.8, 4) is 44.9 Å². The second-order valence-electron chi connectivity index (χ2n) is 13.2. The van der Waals surface area contributed by atoms with E-state index < -0.39 is 17.6 Å². The largest absolute Gasteiger partial charge is 0.491 e. The second kappa shape index (κ2) is 13.4. The fourth-order valence-corrected chi connectivity index (χ4v) is 7.46. The normalized spacial score (nSPS) is 14.1. The molecule has 6 aromatic rings. The van der Waals surface area contributed by atoms with Gasteiger partial charge in [-0.3, -0.25) is 0 Å². The molecule has 0 heterocycles. The van der Waals surface area contributed by atoms with Gasteiger partial charge in [-0.1, -0.05) is 109 Å². The molecule has 0 aromatic heterocycles. The van der Waals surface area contributed by atoms with E-state index in [4.69, 9.17) is 9.47 Å². The molecule has 6 aromatic carbocycles. The number of benzene rings is 6. The maximum absolute atomic E-state index is 9.83. The number of aryl methyl sites for hydroxylation is 2. The van der Waals surface area contributed by atoms with E-state index >= 15 is 0 Å². The molecule has 4 nitrogen and oxygen atoms in total. The Bertz CT molecular complexity index is 1970. The van der Waals surface area contributed by atoms with Crippen LogP contribution in [0.3, 0.4) is 0 Å². The highest BCUT2D eigenvalue weighted by Crippen LogP contribution is 2.59. The summed E-state index contributed by atoms with van der Waals surface area (Å²) in [5.41, 5.74) is 13.3. The van der Waals surface area contributed by atoms with Gasteiger partial charge in [0.15, 0.2) is 0 Å². The zero-order valence-electron chi connectivity index (χ0n) is 28.5. The molecule has 2 atom stereocenters. The topological polar surface area (TPSA) is 58.9 Å². The monoisotopic (exact) mass is 646 g/mol. The van der Waals surface area contributed by atoms with E-state index in [0.29, 0.717) is 0 Å². The lowest BCUT2D eigenvalue weighted by Gasteiger charge is -2.37. The molecule has 0 amide bonds. The first-order valence-electron chi connectivity index (χ1n) is 17.0. The summed E-state index contributed by atoms with van der Waals surface area (Å²) >= 11 is 0. The smallest absolute Gasteiger partial charge is 0.122 e. The molecule has 2 unspecified atom stereocenters. The van der Waals surface area contributed by atoms with Crippen molar-refractivity contribution in [3.63, 3.8) is 0 Å². The van der Waals surface area contributed by atoms with E-state index in [0.717, 1.165) is 44.9 Å². The minimum atomic E-state index is -0.634. The van der Waals surface area contributed by atoms with Gasteiger partial charge >= 0.3 is 0 Å². The van der Waals surface area contributed by atoms with Crippen molar-refractivity contribution in [2.45, 2.75) is 45.3 Å². The minimum Gasteiger partial charge on any atom is -0.491 e. The third-order valence-electron chi connectivity index (χ3n) is 9.55. The summed E-state index contributed by atoms with van der Waals surface area (Å²) in [6, 6.07) is 47.9. The third kappa shape index (κ3) is 5.82. The van der Waals surface area contributed by atoms with Gasteiger partial charge in [0.1, 0.15) is 24.7 Å². The molecule has 0 radical (unpaired) electrons. The van der Waals surface area contributed by atoms with Crippen LogP contribution in [0.4, 0.5) is 0 Å². The van der Waals surface area contributed by atoms with Crippen molar-refractivity contribution < 1.29 is 19.7 Å². The quantitative estimate of drug-likeness (QED) is 0.155. The van der Waals surface area contributed by atoms with Crippen LogP contribution in [0.15, 0.2) is 133 Å². The van der Waals surface area contributed by atoms with Crippen LogP contribution in [0.2, 0.25) is 0 Å². The highest BCUT2D eigenvalue weighted by Gasteiger charge is 2.48. The maximum Gasteiger partial charge on any atom is 0.122 e.